The van der Waals surface area contributed by atoms with Crippen molar-refractivity contribution >= 4 is 11.8 Å². The average Bonchev–Trinajstić information content (AvgIpc) is 2.63. The summed E-state index contributed by atoms with van der Waals surface area (Å²) in [5, 5.41) is 21.6. The van der Waals surface area contributed by atoms with E-state index in [1.54, 1.807) is 11.8 Å². The molecule has 0 aromatic carbocycles. The van der Waals surface area contributed by atoms with E-state index < -0.39 is 5.54 Å². The van der Waals surface area contributed by atoms with Gasteiger partial charge < -0.3 is 9.88 Å². The second-order valence-corrected chi connectivity index (χ2v) is 5.79. The summed E-state index contributed by atoms with van der Waals surface area (Å²) in [5.41, 5.74) is -0.512. The fourth-order valence-electron chi connectivity index (χ4n) is 1.93. The molecule has 2 rings (SSSR count). The number of hydrogen-bond donors (Lipinski definition) is 1. The Kier molecular flexibility index (Phi) is 4.25. The first-order valence-corrected chi connectivity index (χ1v) is 7.32. The lowest BCUT2D eigenvalue weighted by atomic mass is 10.1. The summed E-state index contributed by atoms with van der Waals surface area (Å²) in [5.74, 6) is 1.77. The average molecular weight is 265 g/mol. The standard InChI is InChI=1S/C12H19N5S/c1-12(8-13,14-2)9-18-11-16-15-10-6-4-3-5-7-17(10)11/h14H,3-7,9H2,1-2H3. The summed E-state index contributed by atoms with van der Waals surface area (Å²) in [6.45, 7) is 2.91. The zero-order chi connectivity index (χ0) is 13.0. The number of nitrogens with one attached hydrogen (secondary N) is 1. The molecule has 2 heterocycles. The number of aryl methyl sites for hydroxylation is 1. The van der Waals surface area contributed by atoms with Gasteiger partial charge in [-0.15, -0.1) is 10.2 Å². The van der Waals surface area contributed by atoms with Crippen molar-refractivity contribution < 1.29 is 0 Å². The quantitative estimate of drug-likeness (QED) is 0.838. The van der Waals surface area contributed by atoms with Crippen molar-refractivity contribution in [2.75, 3.05) is 12.8 Å². The molecule has 1 atom stereocenters. The molecule has 98 valence electrons. The number of hydrogen-bond acceptors (Lipinski definition) is 5. The van der Waals surface area contributed by atoms with Crippen LogP contribution in [0.4, 0.5) is 0 Å². The summed E-state index contributed by atoms with van der Waals surface area (Å²) in [6.07, 6.45) is 4.68. The van der Waals surface area contributed by atoms with Crippen molar-refractivity contribution in [3.05, 3.63) is 5.82 Å². The number of nitrogens with zero attached hydrogens (tertiary/aromatic N) is 4. The van der Waals surface area contributed by atoms with Gasteiger partial charge in [0.2, 0.25) is 0 Å². The largest absolute Gasteiger partial charge is 0.306 e. The molecule has 1 aromatic rings. The highest BCUT2D eigenvalue weighted by Gasteiger charge is 2.23. The molecule has 18 heavy (non-hydrogen) atoms. The fraction of sp³-hybridized carbons (Fsp3) is 0.750. The Hall–Kier alpha value is -1.06. The summed E-state index contributed by atoms with van der Waals surface area (Å²) in [4.78, 5) is 0. The Labute approximate surface area is 112 Å². The summed E-state index contributed by atoms with van der Waals surface area (Å²) < 4.78 is 2.21. The normalized spacial score (nSPS) is 18.5. The van der Waals surface area contributed by atoms with Crippen LogP contribution in [0.15, 0.2) is 5.16 Å². The molecule has 1 aromatic heterocycles. The van der Waals surface area contributed by atoms with Gasteiger partial charge in [0.05, 0.1) is 6.07 Å². The molecule has 1 aliphatic rings. The van der Waals surface area contributed by atoms with Crippen LogP contribution in [0.3, 0.4) is 0 Å². The number of fused-ring (bicyclic) bond motifs is 1. The van der Waals surface area contributed by atoms with E-state index >= 15 is 0 Å². The molecule has 0 saturated heterocycles. The van der Waals surface area contributed by atoms with Crippen LogP contribution >= 0.6 is 11.8 Å². The first-order chi connectivity index (χ1) is 8.68. The highest BCUT2D eigenvalue weighted by atomic mass is 32.2. The van der Waals surface area contributed by atoms with E-state index in [0.717, 1.165) is 23.9 Å². The van der Waals surface area contributed by atoms with Gasteiger partial charge in [0.25, 0.3) is 0 Å². The van der Waals surface area contributed by atoms with Crippen LogP contribution in [-0.2, 0) is 13.0 Å². The smallest absolute Gasteiger partial charge is 0.191 e. The van der Waals surface area contributed by atoms with Crippen LogP contribution in [0.5, 0.6) is 0 Å². The van der Waals surface area contributed by atoms with Crippen molar-refractivity contribution in [1.82, 2.24) is 20.1 Å². The molecule has 1 aliphatic heterocycles. The second kappa shape index (κ2) is 5.72. The van der Waals surface area contributed by atoms with Crippen LogP contribution in [0.1, 0.15) is 32.0 Å². The number of rotatable bonds is 4. The third-order valence-electron chi connectivity index (χ3n) is 3.36. The molecule has 0 bridgehead atoms. The van der Waals surface area contributed by atoms with Crippen LogP contribution in [0.2, 0.25) is 0 Å². The molecule has 1 N–H and O–H groups in total. The molecule has 1 unspecified atom stereocenters. The van der Waals surface area contributed by atoms with E-state index in [4.69, 9.17) is 5.26 Å². The number of aromatic nitrogens is 3. The number of thioether (sulfide) groups is 1. The Morgan fingerprint density at radius 2 is 2.28 bits per heavy atom. The lowest BCUT2D eigenvalue weighted by molar-refractivity contribution is 0.547. The minimum absolute atomic E-state index is 0.512. The number of nitriles is 1. The fourth-order valence-corrected chi connectivity index (χ4v) is 3.01. The SMILES string of the molecule is CNC(C)(C#N)CSc1nnc2n1CCCCC2. The first-order valence-electron chi connectivity index (χ1n) is 6.33. The molecule has 0 radical (unpaired) electrons. The van der Waals surface area contributed by atoms with Gasteiger partial charge >= 0.3 is 0 Å². The molecule has 0 spiro atoms. The zero-order valence-electron chi connectivity index (χ0n) is 10.9. The monoisotopic (exact) mass is 265 g/mol. The molecule has 0 amide bonds. The lowest BCUT2D eigenvalue weighted by Gasteiger charge is -2.19. The Morgan fingerprint density at radius 3 is 3.00 bits per heavy atom. The second-order valence-electron chi connectivity index (χ2n) is 4.84. The minimum atomic E-state index is -0.512. The lowest BCUT2D eigenvalue weighted by Crippen LogP contribution is -2.40. The van der Waals surface area contributed by atoms with Crippen molar-refractivity contribution in [1.29, 1.82) is 5.26 Å². The molecular formula is C12H19N5S. The molecule has 6 heteroatoms. The maximum Gasteiger partial charge on any atom is 0.191 e. The third kappa shape index (κ3) is 2.85. The maximum atomic E-state index is 9.13. The molecule has 5 nitrogen and oxygen atoms in total. The van der Waals surface area contributed by atoms with E-state index in [1.165, 1.54) is 19.3 Å². The van der Waals surface area contributed by atoms with Gasteiger partial charge in [-0.3, -0.25) is 0 Å². The van der Waals surface area contributed by atoms with Crippen LogP contribution in [-0.4, -0.2) is 33.1 Å². The highest BCUT2D eigenvalue weighted by Crippen LogP contribution is 2.24. The van der Waals surface area contributed by atoms with Crippen molar-refractivity contribution in [2.45, 2.75) is 49.8 Å². The van der Waals surface area contributed by atoms with Gasteiger partial charge in [0, 0.05) is 18.7 Å². The predicted octanol–water partition coefficient (Wildman–Crippen LogP) is 1.60. The van der Waals surface area contributed by atoms with Gasteiger partial charge in [0.1, 0.15) is 11.4 Å². The van der Waals surface area contributed by atoms with Crippen molar-refractivity contribution in [3.8, 4) is 6.07 Å². The van der Waals surface area contributed by atoms with E-state index in [1.807, 2.05) is 14.0 Å². The molecule has 0 saturated carbocycles. The highest BCUT2D eigenvalue weighted by molar-refractivity contribution is 7.99. The molecule has 0 fully saturated rings. The van der Waals surface area contributed by atoms with E-state index in [2.05, 4.69) is 26.2 Å². The van der Waals surface area contributed by atoms with Crippen LogP contribution in [0, 0.1) is 11.3 Å². The molecular weight excluding hydrogens is 246 g/mol. The van der Waals surface area contributed by atoms with Crippen LogP contribution < -0.4 is 5.32 Å². The van der Waals surface area contributed by atoms with E-state index in [9.17, 15) is 0 Å². The van der Waals surface area contributed by atoms with Crippen molar-refractivity contribution in [2.24, 2.45) is 0 Å². The first kappa shape index (κ1) is 13.4. The Bertz CT molecular complexity index is 450. The summed E-state index contributed by atoms with van der Waals surface area (Å²) in [6, 6.07) is 2.29. The Balaban J connectivity index is 2.07. The minimum Gasteiger partial charge on any atom is -0.306 e. The van der Waals surface area contributed by atoms with Gasteiger partial charge in [-0.05, 0) is 26.8 Å². The summed E-state index contributed by atoms with van der Waals surface area (Å²) in [7, 11) is 1.81. The van der Waals surface area contributed by atoms with Gasteiger partial charge in [-0.2, -0.15) is 5.26 Å². The summed E-state index contributed by atoms with van der Waals surface area (Å²) >= 11 is 1.61. The Morgan fingerprint density at radius 1 is 1.44 bits per heavy atom. The zero-order valence-corrected chi connectivity index (χ0v) is 11.8. The van der Waals surface area contributed by atoms with Gasteiger partial charge in [-0.25, -0.2) is 0 Å². The van der Waals surface area contributed by atoms with Crippen LogP contribution in [0.25, 0.3) is 0 Å². The van der Waals surface area contributed by atoms with Gasteiger partial charge in [0.15, 0.2) is 5.16 Å². The maximum absolute atomic E-state index is 9.13. The van der Waals surface area contributed by atoms with E-state index in [-0.39, 0.29) is 0 Å². The predicted molar refractivity (Wildman–Crippen MR) is 71.4 cm³/mol. The molecule has 0 aliphatic carbocycles. The van der Waals surface area contributed by atoms with Crippen molar-refractivity contribution in [3.63, 3.8) is 0 Å². The topological polar surface area (TPSA) is 66.5 Å². The van der Waals surface area contributed by atoms with E-state index in [0.29, 0.717) is 5.75 Å². The van der Waals surface area contributed by atoms with Gasteiger partial charge in [-0.1, -0.05) is 18.2 Å². The third-order valence-corrected chi connectivity index (χ3v) is 4.65.